The van der Waals surface area contributed by atoms with Gasteiger partial charge in [0, 0.05) is 16.1 Å². The van der Waals surface area contributed by atoms with Gasteiger partial charge in [-0.25, -0.2) is 0 Å². The highest BCUT2D eigenvalue weighted by Gasteiger charge is 2.13. The molecule has 0 fully saturated rings. The maximum absolute atomic E-state index is 12.0. The lowest BCUT2D eigenvalue weighted by molar-refractivity contribution is 0.0895. The predicted octanol–water partition coefficient (Wildman–Crippen LogP) is 3.85. The van der Waals surface area contributed by atoms with E-state index < -0.39 is 0 Å². The molecule has 0 saturated carbocycles. The topological polar surface area (TPSA) is 52.3 Å². The van der Waals surface area contributed by atoms with E-state index in [0.717, 1.165) is 9.86 Å². The normalized spacial score (nSPS) is 10.7. The SMILES string of the molecule is O=C(COc1cncc(Br)c1)c1cc2ccccc2o1. The molecule has 5 heteroatoms. The van der Waals surface area contributed by atoms with Gasteiger partial charge in [0.1, 0.15) is 11.3 Å². The Morgan fingerprint density at radius 3 is 2.90 bits per heavy atom. The Labute approximate surface area is 123 Å². The fourth-order valence-electron chi connectivity index (χ4n) is 1.81. The summed E-state index contributed by atoms with van der Waals surface area (Å²) in [6.45, 7) is -0.0854. The molecule has 0 saturated heterocycles. The van der Waals surface area contributed by atoms with Gasteiger partial charge in [0.25, 0.3) is 0 Å². The first kappa shape index (κ1) is 12.9. The van der Waals surface area contributed by atoms with E-state index in [-0.39, 0.29) is 12.4 Å². The molecule has 0 amide bonds. The number of hydrogen-bond acceptors (Lipinski definition) is 4. The molecule has 0 unspecified atom stereocenters. The van der Waals surface area contributed by atoms with Gasteiger partial charge < -0.3 is 9.15 Å². The van der Waals surface area contributed by atoms with Crippen molar-refractivity contribution in [3.8, 4) is 5.75 Å². The lowest BCUT2D eigenvalue weighted by Gasteiger charge is -2.03. The zero-order chi connectivity index (χ0) is 13.9. The number of benzene rings is 1. The summed E-state index contributed by atoms with van der Waals surface area (Å²) in [5, 5.41) is 0.903. The number of aromatic nitrogens is 1. The number of rotatable bonds is 4. The molecule has 3 aromatic rings. The quantitative estimate of drug-likeness (QED) is 0.681. The van der Waals surface area contributed by atoms with Crippen LogP contribution >= 0.6 is 15.9 Å². The van der Waals surface area contributed by atoms with Crippen LogP contribution in [0, 0.1) is 0 Å². The van der Waals surface area contributed by atoms with Gasteiger partial charge in [-0.15, -0.1) is 0 Å². The molecule has 0 spiro atoms. The third-order valence-corrected chi connectivity index (χ3v) is 3.18. The fraction of sp³-hybridized carbons (Fsp3) is 0.0667. The average molecular weight is 332 g/mol. The monoisotopic (exact) mass is 331 g/mol. The number of furan rings is 1. The van der Waals surface area contributed by atoms with Gasteiger partial charge in [0.2, 0.25) is 5.78 Å². The molecule has 3 rings (SSSR count). The van der Waals surface area contributed by atoms with E-state index in [4.69, 9.17) is 9.15 Å². The number of halogens is 1. The largest absolute Gasteiger partial charge is 0.484 e. The van der Waals surface area contributed by atoms with Crippen molar-refractivity contribution in [1.82, 2.24) is 4.98 Å². The van der Waals surface area contributed by atoms with Gasteiger partial charge in [-0.1, -0.05) is 18.2 Å². The van der Waals surface area contributed by atoms with Crippen molar-refractivity contribution in [2.45, 2.75) is 0 Å². The first-order valence-corrected chi connectivity index (χ1v) is 6.77. The van der Waals surface area contributed by atoms with Crippen molar-refractivity contribution in [2.75, 3.05) is 6.61 Å². The molecular formula is C15H10BrNO3. The molecule has 0 N–H and O–H groups in total. The molecule has 20 heavy (non-hydrogen) atoms. The zero-order valence-electron chi connectivity index (χ0n) is 10.4. The Morgan fingerprint density at radius 2 is 2.10 bits per heavy atom. The van der Waals surface area contributed by atoms with Crippen LogP contribution in [0.15, 0.2) is 57.7 Å². The number of ether oxygens (including phenoxy) is 1. The summed E-state index contributed by atoms with van der Waals surface area (Å²) in [7, 11) is 0. The van der Waals surface area contributed by atoms with E-state index >= 15 is 0 Å². The summed E-state index contributed by atoms with van der Waals surface area (Å²) in [6, 6.07) is 11.0. The lowest BCUT2D eigenvalue weighted by atomic mass is 10.2. The maximum Gasteiger partial charge on any atom is 0.235 e. The summed E-state index contributed by atoms with van der Waals surface area (Å²) in [5.41, 5.74) is 0.694. The van der Waals surface area contributed by atoms with Gasteiger partial charge in [-0.05, 0) is 34.1 Å². The van der Waals surface area contributed by atoms with Crippen LogP contribution in [-0.2, 0) is 0 Å². The zero-order valence-corrected chi connectivity index (χ0v) is 12.0. The molecule has 0 aliphatic heterocycles. The Hall–Kier alpha value is -2.14. The molecule has 0 bridgehead atoms. The fourth-order valence-corrected chi connectivity index (χ4v) is 2.15. The predicted molar refractivity (Wildman–Crippen MR) is 78.0 cm³/mol. The van der Waals surface area contributed by atoms with Crippen LogP contribution in [0.1, 0.15) is 10.6 Å². The third-order valence-electron chi connectivity index (χ3n) is 2.75. The number of ketones is 1. The Bertz CT molecular complexity index is 733. The van der Waals surface area contributed by atoms with Crippen LogP contribution in [0.25, 0.3) is 11.0 Å². The number of carbonyl (C=O) groups is 1. The molecule has 100 valence electrons. The molecule has 0 aliphatic rings. The van der Waals surface area contributed by atoms with Crippen molar-refractivity contribution >= 4 is 32.7 Å². The second-order valence-corrected chi connectivity index (χ2v) is 5.11. The van der Waals surface area contributed by atoms with Crippen molar-refractivity contribution in [1.29, 1.82) is 0 Å². The second kappa shape index (κ2) is 5.46. The van der Waals surface area contributed by atoms with Crippen molar-refractivity contribution in [2.24, 2.45) is 0 Å². The molecule has 2 heterocycles. The van der Waals surface area contributed by atoms with E-state index in [1.807, 2.05) is 24.3 Å². The number of Topliss-reactive ketones (excluding diaryl/α,β-unsaturated/α-hetero) is 1. The molecule has 4 nitrogen and oxygen atoms in total. The van der Waals surface area contributed by atoms with Gasteiger partial charge >= 0.3 is 0 Å². The van der Waals surface area contributed by atoms with Crippen LogP contribution in [0.3, 0.4) is 0 Å². The van der Waals surface area contributed by atoms with Crippen LogP contribution < -0.4 is 4.74 Å². The van der Waals surface area contributed by atoms with E-state index in [2.05, 4.69) is 20.9 Å². The second-order valence-electron chi connectivity index (χ2n) is 4.20. The van der Waals surface area contributed by atoms with Crippen molar-refractivity contribution in [3.63, 3.8) is 0 Å². The number of para-hydroxylation sites is 1. The Kier molecular flexibility index (Phi) is 3.52. The first-order valence-electron chi connectivity index (χ1n) is 5.97. The van der Waals surface area contributed by atoms with E-state index in [1.54, 1.807) is 24.5 Å². The summed E-state index contributed by atoms with van der Waals surface area (Å²) >= 11 is 3.29. The third kappa shape index (κ3) is 2.72. The minimum atomic E-state index is -0.207. The van der Waals surface area contributed by atoms with Crippen LogP contribution in [0.4, 0.5) is 0 Å². The minimum absolute atomic E-state index is 0.0854. The van der Waals surface area contributed by atoms with Gasteiger partial charge in [0.05, 0.1) is 6.20 Å². The van der Waals surface area contributed by atoms with Crippen molar-refractivity contribution < 1.29 is 13.9 Å². The van der Waals surface area contributed by atoms with E-state index in [9.17, 15) is 4.79 Å². The average Bonchev–Trinajstić information content (AvgIpc) is 2.89. The number of fused-ring (bicyclic) bond motifs is 1. The number of hydrogen-bond donors (Lipinski definition) is 0. The molecule has 0 aliphatic carbocycles. The minimum Gasteiger partial charge on any atom is -0.484 e. The van der Waals surface area contributed by atoms with Crippen molar-refractivity contribution in [3.05, 3.63) is 59.0 Å². The first-order chi connectivity index (χ1) is 9.72. The number of pyridine rings is 1. The molecular weight excluding hydrogens is 322 g/mol. The molecule has 0 radical (unpaired) electrons. The molecule has 0 atom stereocenters. The smallest absolute Gasteiger partial charge is 0.235 e. The van der Waals surface area contributed by atoms with Crippen LogP contribution in [0.5, 0.6) is 5.75 Å². The summed E-state index contributed by atoms with van der Waals surface area (Å²) in [5.74, 6) is 0.624. The summed E-state index contributed by atoms with van der Waals surface area (Å²) in [4.78, 5) is 16.0. The maximum atomic E-state index is 12.0. The highest BCUT2D eigenvalue weighted by Crippen LogP contribution is 2.20. The van der Waals surface area contributed by atoms with Gasteiger partial charge in [0.15, 0.2) is 12.4 Å². The standard InChI is InChI=1S/C15H10BrNO3/c16-11-6-12(8-17-7-11)19-9-13(18)15-5-10-3-1-2-4-14(10)20-15/h1-8H,9H2. The van der Waals surface area contributed by atoms with Gasteiger partial charge in [-0.3, -0.25) is 9.78 Å². The molecule has 2 aromatic heterocycles. The van der Waals surface area contributed by atoms with E-state index in [0.29, 0.717) is 17.1 Å². The van der Waals surface area contributed by atoms with E-state index in [1.165, 1.54) is 0 Å². The summed E-state index contributed by atoms with van der Waals surface area (Å²) in [6.07, 6.45) is 3.20. The van der Waals surface area contributed by atoms with Crippen LogP contribution in [0.2, 0.25) is 0 Å². The Morgan fingerprint density at radius 1 is 1.25 bits per heavy atom. The number of nitrogens with zero attached hydrogens (tertiary/aromatic N) is 1. The number of carbonyl (C=O) groups excluding carboxylic acids is 1. The molecule has 1 aromatic carbocycles. The highest BCUT2D eigenvalue weighted by atomic mass is 79.9. The Balaban J connectivity index is 1.73. The van der Waals surface area contributed by atoms with Gasteiger partial charge in [-0.2, -0.15) is 0 Å². The summed E-state index contributed by atoms with van der Waals surface area (Å²) < 4.78 is 11.7. The highest BCUT2D eigenvalue weighted by molar-refractivity contribution is 9.10. The van der Waals surface area contributed by atoms with Crippen LogP contribution in [-0.4, -0.2) is 17.4 Å². The lowest BCUT2D eigenvalue weighted by Crippen LogP contribution is -2.10.